The van der Waals surface area contributed by atoms with Crippen molar-refractivity contribution < 1.29 is 38.5 Å². The van der Waals surface area contributed by atoms with Gasteiger partial charge in [-0.25, -0.2) is 14.6 Å². The highest BCUT2D eigenvalue weighted by atomic mass is 16.5. The van der Waals surface area contributed by atoms with Gasteiger partial charge >= 0.3 is 12.1 Å². The first kappa shape index (κ1) is 37.8. The Morgan fingerprint density at radius 2 is 1.17 bits per heavy atom. The zero-order chi connectivity index (χ0) is 37.3. The molecule has 0 aliphatic heterocycles. The maximum atomic E-state index is 13.8. The number of imidazole rings is 1. The van der Waals surface area contributed by atoms with Crippen LogP contribution in [0, 0.1) is 0 Å². The fourth-order valence-corrected chi connectivity index (χ4v) is 5.22. The topological polar surface area (TPSA) is 181 Å². The van der Waals surface area contributed by atoms with Crippen molar-refractivity contribution >= 4 is 23.9 Å². The molecular weight excluding hydrogens is 678 g/mol. The van der Waals surface area contributed by atoms with Gasteiger partial charge in [-0.05, 0) is 34.4 Å². The predicted octanol–water partition coefficient (Wildman–Crippen LogP) is 4.34. The minimum atomic E-state index is -1.41. The minimum absolute atomic E-state index is 0.0126. The van der Waals surface area contributed by atoms with Crippen LogP contribution >= 0.6 is 0 Å². The number of carboxylic acids is 1. The summed E-state index contributed by atoms with van der Waals surface area (Å²) in [4.78, 5) is 59.7. The van der Waals surface area contributed by atoms with Gasteiger partial charge in [-0.3, -0.25) is 9.59 Å². The Balaban J connectivity index is 1.29. The molecule has 1 aromatic heterocycles. The molecule has 1 heterocycles. The molecule has 53 heavy (non-hydrogen) atoms. The van der Waals surface area contributed by atoms with E-state index in [1.807, 2.05) is 78.9 Å². The molecule has 13 nitrogen and oxygen atoms in total. The average Bonchev–Trinajstić information content (AvgIpc) is 3.70. The lowest BCUT2D eigenvalue weighted by atomic mass is 10.0. The van der Waals surface area contributed by atoms with E-state index in [2.05, 4.69) is 25.9 Å². The van der Waals surface area contributed by atoms with Crippen molar-refractivity contribution in [3.63, 3.8) is 0 Å². The molecule has 0 bridgehead atoms. The van der Waals surface area contributed by atoms with Gasteiger partial charge < -0.3 is 40.3 Å². The fraction of sp³-hybridized carbons (Fsp3) is 0.225. The molecule has 0 radical (unpaired) electrons. The third kappa shape index (κ3) is 12.7. The molecule has 5 N–H and O–H groups in total. The number of hydrogen-bond donors (Lipinski definition) is 5. The van der Waals surface area contributed by atoms with Gasteiger partial charge in [0.2, 0.25) is 11.8 Å². The highest BCUT2D eigenvalue weighted by molar-refractivity contribution is 5.93. The quantitative estimate of drug-likeness (QED) is 0.0830. The molecule has 13 heteroatoms. The maximum absolute atomic E-state index is 13.8. The van der Waals surface area contributed by atoms with Crippen molar-refractivity contribution in [2.75, 3.05) is 6.61 Å². The van der Waals surface area contributed by atoms with E-state index in [1.165, 1.54) is 6.33 Å². The molecule has 0 fully saturated rings. The summed E-state index contributed by atoms with van der Waals surface area (Å²) in [7, 11) is 0. The van der Waals surface area contributed by atoms with Crippen LogP contribution in [0.15, 0.2) is 128 Å². The van der Waals surface area contributed by atoms with E-state index in [1.54, 1.807) is 42.6 Å². The van der Waals surface area contributed by atoms with Gasteiger partial charge in [-0.2, -0.15) is 0 Å². The SMILES string of the molecule is O=C(N[C@@H](Cc1c[nH]cn1)C(=O)NC(Cc1ccc(OCc2ccccc2)cc1)C(=O)N[C@@H](COCc1ccccc1)C(=O)O)OCc1ccccc1. The Morgan fingerprint density at radius 3 is 1.74 bits per heavy atom. The molecule has 0 aliphatic rings. The van der Waals surface area contributed by atoms with Gasteiger partial charge in [0.1, 0.15) is 31.0 Å². The number of carboxylic acid groups (broad SMARTS) is 1. The summed E-state index contributed by atoms with van der Waals surface area (Å²) in [5, 5.41) is 17.7. The van der Waals surface area contributed by atoms with Gasteiger partial charge in [-0.1, -0.05) is 103 Å². The number of H-pyrrole nitrogens is 1. The number of nitrogens with one attached hydrogen (secondary N) is 4. The van der Waals surface area contributed by atoms with Crippen LogP contribution in [0.5, 0.6) is 5.75 Å². The lowest BCUT2D eigenvalue weighted by Crippen LogP contribution is -2.57. The standard InChI is InChI=1S/C40H41N5O8/c46-37(44-36(39(48)49)26-51-23-29-10-4-1-5-11-29)34(20-28-16-18-33(19-17-28)52-24-30-12-6-2-7-13-30)43-38(47)35(21-32-22-41-27-42-32)45-40(50)53-25-31-14-8-3-9-15-31/h1-19,22,27,34-36H,20-21,23-26H2,(H,41,42)(H,43,47)(H,44,46)(H,45,50)(H,48,49)/t34?,35-,36-/m0/s1. The summed E-state index contributed by atoms with van der Waals surface area (Å²) < 4.78 is 16.9. The largest absolute Gasteiger partial charge is 0.489 e. The van der Waals surface area contributed by atoms with Crippen LogP contribution in [-0.2, 0) is 56.5 Å². The van der Waals surface area contributed by atoms with E-state index in [4.69, 9.17) is 14.2 Å². The Hall–Kier alpha value is -6.47. The van der Waals surface area contributed by atoms with Crippen LogP contribution in [0.25, 0.3) is 0 Å². The van der Waals surface area contributed by atoms with Gasteiger partial charge in [0.25, 0.3) is 0 Å². The monoisotopic (exact) mass is 719 g/mol. The van der Waals surface area contributed by atoms with E-state index >= 15 is 0 Å². The number of hydrogen-bond acceptors (Lipinski definition) is 8. The number of aromatic amines is 1. The van der Waals surface area contributed by atoms with Gasteiger partial charge in [0.05, 0.1) is 25.2 Å². The summed E-state index contributed by atoms with van der Waals surface area (Å²) in [5.41, 5.74) is 3.72. The third-order valence-corrected chi connectivity index (χ3v) is 8.04. The molecule has 1 unspecified atom stereocenters. The second-order valence-corrected chi connectivity index (χ2v) is 12.1. The minimum Gasteiger partial charge on any atom is -0.489 e. The number of carbonyl (C=O) groups is 4. The van der Waals surface area contributed by atoms with Crippen molar-refractivity contribution in [2.45, 2.75) is 50.8 Å². The van der Waals surface area contributed by atoms with Gasteiger partial charge in [-0.15, -0.1) is 0 Å². The van der Waals surface area contributed by atoms with Crippen molar-refractivity contribution in [2.24, 2.45) is 0 Å². The smallest absolute Gasteiger partial charge is 0.408 e. The van der Waals surface area contributed by atoms with Gasteiger partial charge in [0.15, 0.2) is 6.04 Å². The molecule has 0 saturated heterocycles. The Labute approximate surface area is 306 Å². The molecule has 5 aromatic rings. The number of rotatable bonds is 19. The molecule has 3 amide bonds. The molecule has 3 atom stereocenters. The van der Waals surface area contributed by atoms with Crippen LogP contribution in [0.3, 0.4) is 0 Å². The highest BCUT2D eigenvalue weighted by Crippen LogP contribution is 2.16. The molecule has 4 aromatic carbocycles. The zero-order valence-electron chi connectivity index (χ0n) is 28.9. The fourth-order valence-electron chi connectivity index (χ4n) is 5.22. The molecule has 5 rings (SSSR count). The first-order valence-electron chi connectivity index (χ1n) is 17.0. The number of nitrogens with zero attached hydrogens (tertiary/aromatic N) is 1. The normalized spacial score (nSPS) is 12.5. The average molecular weight is 720 g/mol. The van der Waals surface area contributed by atoms with Crippen molar-refractivity contribution in [3.05, 3.63) is 156 Å². The molecule has 274 valence electrons. The molecule has 0 saturated carbocycles. The number of carbonyl (C=O) groups excluding carboxylic acids is 3. The Kier molecular flexibility index (Phi) is 14.1. The highest BCUT2D eigenvalue weighted by Gasteiger charge is 2.31. The summed E-state index contributed by atoms with van der Waals surface area (Å²) in [6.07, 6.45) is 2.13. The number of aromatic nitrogens is 2. The number of amides is 3. The number of ether oxygens (including phenoxy) is 3. The van der Waals surface area contributed by atoms with Crippen LogP contribution in [-0.4, -0.2) is 63.7 Å². The third-order valence-electron chi connectivity index (χ3n) is 8.04. The van der Waals surface area contributed by atoms with E-state index in [-0.39, 0.29) is 32.7 Å². The second-order valence-electron chi connectivity index (χ2n) is 12.1. The first-order valence-corrected chi connectivity index (χ1v) is 17.0. The zero-order valence-corrected chi connectivity index (χ0v) is 28.9. The number of aliphatic carboxylic acids is 1. The van der Waals surface area contributed by atoms with E-state index < -0.39 is 42.0 Å². The molecule has 0 spiro atoms. The lowest BCUT2D eigenvalue weighted by molar-refractivity contribution is -0.144. The summed E-state index contributed by atoms with van der Waals surface area (Å²) >= 11 is 0. The Bertz CT molecular complexity index is 1880. The number of alkyl carbamates (subject to hydrolysis) is 1. The van der Waals surface area contributed by atoms with E-state index in [0.29, 0.717) is 23.6 Å². The van der Waals surface area contributed by atoms with Crippen LogP contribution in [0.4, 0.5) is 4.79 Å². The molecule has 0 aliphatic carbocycles. The number of benzene rings is 4. The van der Waals surface area contributed by atoms with Crippen molar-refractivity contribution in [1.82, 2.24) is 25.9 Å². The van der Waals surface area contributed by atoms with E-state index in [0.717, 1.165) is 16.7 Å². The van der Waals surface area contributed by atoms with Crippen LogP contribution in [0.2, 0.25) is 0 Å². The van der Waals surface area contributed by atoms with Crippen molar-refractivity contribution in [1.29, 1.82) is 0 Å². The lowest BCUT2D eigenvalue weighted by Gasteiger charge is -2.24. The summed E-state index contributed by atoms with van der Waals surface area (Å²) in [6, 6.07) is 31.1. The second kappa shape index (κ2) is 19.8. The van der Waals surface area contributed by atoms with Crippen molar-refractivity contribution in [3.8, 4) is 5.75 Å². The Morgan fingerprint density at radius 1 is 0.623 bits per heavy atom. The first-order chi connectivity index (χ1) is 25.8. The summed E-state index contributed by atoms with van der Waals surface area (Å²) in [6.45, 7) is 0.158. The van der Waals surface area contributed by atoms with Crippen LogP contribution in [0.1, 0.15) is 27.9 Å². The maximum Gasteiger partial charge on any atom is 0.408 e. The molecular formula is C40H41N5O8. The summed E-state index contributed by atoms with van der Waals surface area (Å²) in [5.74, 6) is -2.18. The van der Waals surface area contributed by atoms with Gasteiger partial charge in [0, 0.05) is 19.0 Å². The van der Waals surface area contributed by atoms with E-state index in [9.17, 15) is 24.3 Å². The van der Waals surface area contributed by atoms with Crippen LogP contribution < -0.4 is 20.7 Å². The predicted molar refractivity (Wildman–Crippen MR) is 194 cm³/mol.